The van der Waals surface area contributed by atoms with E-state index in [-0.39, 0.29) is 72.4 Å². The monoisotopic (exact) mass is 839 g/mol. The molecule has 14 heteroatoms. The summed E-state index contributed by atoms with van der Waals surface area (Å²) in [5.74, 6) is -3.65. The third kappa shape index (κ3) is 6.40. The van der Waals surface area contributed by atoms with Gasteiger partial charge < -0.3 is 23.9 Å². The van der Waals surface area contributed by atoms with E-state index in [0.717, 1.165) is 24.9 Å². The number of nitrogens with zero attached hydrogens (tertiary/aromatic N) is 2. The van der Waals surface area contributed by atoms with Crippen LogP contribution >= 0.6 is 15.9 Å². The highest BCUT2D eigenvalue weighted by molar-refractivity contribution is 9.10. The molecule has 4 aliphatic rings. The fourth-order valence-corrected chi connectivity index (χ4v) is 11.1. The van der Waals surface area contributed by atoms with Crippen molar-refractivity contribution in [3.63, 3.8) is 0 Å². The second kappa shape index (κ2) is 14.5. The summed E-state index contributed by atoms with van der Waals surface area (Å²) in [5.41, 5.74) is -1.68. The number of H-pyrrole nitrogens is 1. The number of carbonyl (C=O) groups is 2. The molecule has 5 atom stereocenters. The van der Waals surface area contributed by atoms with E-state index in [1.807, 2.05) is 69.1 Å². The number of aromatic amines is 1. The number of hydrogen-bond donors (Lipinski definition) is 3. The van der Waals surface area contributed by atoms with Crippen molar-refractivity contribution in [2.75, 3.05) is 27.2 Å². The van der Waals surface area contributed by atoms with Gasteiger partial charge in [-0.2, -0.15) is 5.16 Å². The van der Waals surface area contributed by atoms with Crippen LogP contribution in [0, 0.1) is 17.7 Å². The summed E-state index contributed by atoms with van der Waals surface area (Å²) in [5, 5.41) is 24.1. The van der Waals surface area contributed by atoms with Gasteiger partial charge in [0.2, 0.25) is 11.6 Å². The van der Waals surface area contributed by atoms with E-state index in [9.17, 15) is 19.8 Å². The van der Waals surface area contributed by atoms with E-state index in [4.69, 9.17) is 13.7 Å². The molecular formula is C41H51BrFN3O8Si. The van der Waals surface area contributed by atoms with Gasteiger partial charge in [-0.05, 0) is 98.3 Å². The van der Waals surface area contributed by atoms with Crippen LogP contribution in [-0.4, -0.2) is 83.9 Å². The Morgan fingerprint density at radius 3 is 2.49 bits per heavy atom. The van der Waals surface area contributed by atoms with Crippen LogP contribution in [0.2, 0.25) is 18.1 Å². The van der Waals surface area contributed by atoms with Crippen molar-refractivity contribution in [3.8, 4) is 5.75 Å². The topological polar surface area (TPSA) is 146 Å². The van der Waals surface area contributed by atoms with Gasteiger partial charge in [0.1, 0.15) is 29.5 Å². The van der Waals surface area contributed by atoms with E-state index in [1.165, 1.54) is 0 Å². The van der Waals surface area contributed by atoms with Crippen molar-refractivity contribution >= 4 is 41.6 Å². The van der Waals surface area contributed by atoms with Gasteiger partial charge in [0.25, 0.3) is 5.56 Å². The van der Waals surface area contributed by atoms with Crippen molar-refractivity contribution in [3.05, 3.63) is 90.1 Å². The number of aliphatic hydroxyl groups excluding tert-OH is 2. The number of fused-ring (bicyclic) bond motifs is 4. The zero-order chi connectivity index (χ0) is 39.8. The lowest BCUT2D eigenvalue weighted by atomic mass is 9.57. The molecule has 1 aromatic heterocycles. The first-order valence-corrected chi connectivity index (χ1v) is 22.8. The van der Waals surface area contributed by atoms with E-state index in [2.05, 4.69) is 26.0 Å². The predicted octanol–water partition coefficient (Wildman–Crippen LogP) is 7.09. The standard InChI is InChI=1S/C41H51BrFN3O8Si/c1-40(2,3)55(6,7)54-41-27(33(45(4)5)36-30(38(41)50)39(51)44-53-36)19-23-18-25-29(34(48)28(23)37(41)49)35(52-21-22-12-9-8-10-13-22)31(42)26(32(25)43)20-46-16-11-14-24(46)15-17-47/h8-10,12-13,23-24,27,33,47-48H,11,14-21H2,1-7H3,(H,44,51)/t23-,24-,27-,33-,41-/m0/s1. The number of halogens is 2. The van der Waals surface area contributed by atoms with Crippen molar-refractivity contribution in [2.24, 2.45) is 11.8 Å². The predicted molar refractivity (Wildman–Crippen MR) is 211 cm³/mol. The van der Waals surface area contributed by atoms with Crippen molar-refractivity contribution < 1.29 is 37.9 Å². The Kier molecular flexibility index (Phi) is 10.5. The van der Waals surface area contributed by atoms with Crippen LogP contribution in [0.1, 0.15) is 90.9 Å². The summed E-state index contributed by atoms with van der Waals surface area (Å²) < 4.78 is 36.8. The molecule has 1 saturated heterocycles. The Labute approximate surface area is 330 Å². The lowest BCUT2D eigenvalue weighted by molar-refractivity contribution is -0.140. The van der Waals surface area contributed by atoms with Gasteiger partial charge in [0.05, 0.1) is 16.1 Å². The van der Waals surface area contributed by atoms with Crippen LogP contribution in [0.15, 0.2) is 49.7 Å². The maximum atomic E-state index is 17.3. The van der Waals surface area contributed by atoms with Crippen molar-refractivity contribution in [1.29, 1.82) is 0 Å². The number of hydrogen-bond acceptors (Lipinski definition) is 10. The molecule has 11 nitrogen and oxygen atoms in total. The average Bonchev–Trinajstić information content (AvgIpc) is 3.73. The number of aromatic nitrogens is 1. The molecule has 1 saturated carbocycles. The number of rotatable bonds is 10. The smallest absolute Gasteiger partial charge is 0.291 e. The number of aliphatic hydroxyl groups is 2. The first kappa shape index (κ1) is 39.8. The van der Waals surface area contributed by atoms with Gasteiger partial charge in [0.15, 0.2) is 19.7 Å². The van der Waals surface area contributed by atoms with Crippen LogP contribution in [0.4, 0.5) is 4.39 Å². The molecule has 3 aromatic rings. The van der Waals surface area contributed by atoms with Crippen LogP contribution in [0.25, 0.3) is 5.76 Å². The fraction of sp³-hybridized carbons (Fsp3) is 0.537. The minimum atomic E-state index is -2.96. The van der Waals surface area contributed by atoms with E-state index >= 15 is 9.18 Å². The zero-order valence-corrected chi connectivity index (χ0v) is 35.1. The molecule has 55 heavy (non-hydrogen) atoms. The van der Waals surface area contributed by atoms with Gasteiger partial charge in [-0.3, -0.25) is 24.2 Å². The largest absolute Gasteiger partial charge is 0.507 e. The maximum Gasteiger partial charge on any atom is 0.291 e. The second-order valence-electron chi connectivity index (χ2n) is 17.3. The number of likely N-dealkylation sites (tertiary alicyclic amines) is 1. The Hall–Kier alpha value is -3.40. The normalized spacial score (nSPS) is 25.6. The quantitative estimate of drug-likeness (QED) is 0.143. The van der Waals surface area contributed by atoms with Gasteiger partial charge >= 0.3 is 0 Å². The summed E-state index contributed by atoms with van der Waals surface area (Å²) >= 11 is 3.68. The molecule has 2 heterocycles. The van der Waals surface area contributed by atoms with Gasteiger partial charge in [-0.25, -0.2) is 4.39 Å². The van der Waals surface area contributed by atoms with Crippen LogP contribution in [0.3, 0.4) is 0 Å². The second-order valence-corrected chi connectivity index (χ2v) is 22.8. The summed E-state index contributed by atoms with van der Waals surface area (Å²) in [7, 11) is 0.621. The summed E-state index contributed by atoms with van der Waals surface area (Å²) in [6.45, 7) is 11.0. The molecule has 2 aromatic carbocycles. The number of ether oxygens (including phenoxy) is 1. The fourth-order valence-electron chi connectivity index (χ4n) is 9.06. The maximum absolute atomic E-state index is 17.3. The molecule has 0 spiro atoms. The first-order chi connectivity index (χ1) is 25.9. The molecule has 1 aliphatic heterocycles. The van der Waals surface area contributed by atoms with Crippen molar-refractivity contribution in [1.82, 2.24) is 15.0 Å². The minimum Gasteiger partial charge on any atom is -0.507 e. The third-order valence-electron chi connectivity index (χ3n) is 12.8. The highest BCUT2D eigenvalue weighted by Gasteiger charge is 2.68. The van der Waals surface area contributed by atoms with Gasteiger partial charge in [-0.1, -0.05) is 51.1 Å². The Bertz CT molecular complexity index is 2110. The SMILES string of the molecule is CN(C)[C@@H]1c2o[nH]c(=O)c2C(=O)[C@@]2(O[Si](C)(C)C(C)(C)C)C(=O)C3=C(O)c4c(c(F)c(CN5CCC[C@H]5CCO)c(Br)c4OCc4ccccc4)C[C@H]3C[C@@H]12. The zero-order valence-electron chi connectivity index (χ0n) is 32.6. The minimum absolute atomic E-state index is 0.0251. The highest BCUT2D eigenvalue weighted by atomic mass is 79.9. The van der Waals surface area contributed by atoms with Crippen LogP contribution in [0.5, 0.6) is 5.75 Å². The third-order valence-corrected chi connectivity index (χ3v) is 18.1. The lowest BCUT2D eigenvalue weighted by Gasteiger charge is -2.55. The summed E-state index contributed by atoms with van der Waals surface area (Å²) in [6.07, 6.45) is 2.62. The number of ketones is 2. The molecule has 0 radical (unpaired) electrons. The molecule has 296 valence electrons. The molecule has 3 N–H and O–H groups in total. The number of nitrogens with one attached hydrogen (secondary N) is 1. The molecule has 3 aliphatic carbocycles. The Morgan fingerprint density at radius 1 is 1.13 bits per heavy atom. The molecule has 0 unspecified atom stereocenters. The summed E-state index contributed by atoms with van der Waals surface area (Å²) in [6, 6.07) is 8.83. The number of Topliss-reactive ketones (excluding diaryl/α,β-unsaturated/α-hetero) is 2. The van der Waals surface area contributed by atoms with Crippen LogP contribution < -0.4 is 10.3 Å². The molecule has 7 rings (SSSR count). The molecule has 2 fully saturated rings. The van der Waals surface area contributed by atoms with Crippen molar-refractivity contribution in [2.45, 2.75) is 102 Å². The Morgan fingerprint density at radius 2 is 1.84 bits per heavy atom. The molecule has 0 amide bonds. The lowest BCUT2D eigenvalue weighted by Crippen LogP contribution is -2.68. The van der Waals surface area contributed by atoms with E-state index in [1.54, 1.807) is 14.1 Å². The first-order valence-electron chi connectivity index (χ1n) is 19.1. The van der Waals surface area contributed by atoms with E-state index in [0.29, 0.717) is 16.5 Å². The Balaban J connectivity index is 1.44. The van der Waals surface area contributed by atoms with Gasteiger partial charge in [-0.15, -0.1) is 0 Å². The highest BCUT2D eigenvalue weighted by Crippen LogP contribution is 2.58. The average molecular weight is 841 g/mol. The number of benzene rings is 2. The summed E-state index contributed by atoms with van der Waals surface area (Å²) in [4.78, 5) is 47.7. The number of carbonyl (C=O) groups excluding carboxylic acids is 2. The molecule has 0 bridgehead atoms. The van der Waals surface area contributed by atoms with E-state index < -0.39 is 65.5 Å². The molecular weight excluding hydrogens is 789 g/mol. The van der Waals surface area contributed by atoms with Gasteiger partial charge in [0, 0.05) is 41.8 Å². The van der Waals surface area contributed by atoms with Crippen LogP contribution in [-0.2, 0) is 28.8 Å².